The number of methoxy groups -OCH3 is 1. The van der Waals surface area contributed by atoms with Crippen molar-refractivity contribution in [2.45, 2.75) is 0 Å². The molecule has 1 saturated heterocycles. The fourth-order valence-corrected chi connectivity index (χ4v) is 2.66. The predicted octanol–water partition coefficient (Wildman–Crippen LogP) is 1.62. The third kappa shape index (κ3) is 4.68. The largest absolute Gasteiger partial charge is 0.383 e. The number of carbonyl (C=O) groups is 1. The maximum Gasteiger partial charge on any atom is 0.275 e. The second-order valence-corrected chi connectivity index (χ2v) is 5.78. The van der Waals surface area contributed by atoms with Crippen LogP contribution in [0.5, 0.6) is 0 Å². The number of anilines is 3. The molecule has 0 atom stereocenters. The molecular formula is C18H23N5O3. The number of ether oxygens (including phenoxy) is 2. The Labute approximate surface area is 152 Å². The Morgan fingerprint density at radius 1 is 1.23 bits per heavy atom. The highest BCUT2D eigenvalue weighted by molar-refractivity contribution is 6.04. The number of rotatable bonds is 7. The first-order chi connectivity index (χ1) is 12.8. The van der Waals surface area contributed by atoms with Crippen LogP contribution in [-0.2, 0) is 9.47 Å². The molecule has 3 rings (SSSR count). The van der Waals surface area contributed by atoms with Gasteiger partial charge in [0.15, 0.2) is 0 Å². The number of benzene rings is 1. The molecule has 0 unspecified atom stereocenters. The zero-order chi connectivity index (χ0) is 18.2. The third-order valence-electron chi connectivity index (χ3n) is 4.00. The molecule has 2 aromatic rings. The average Bonchev–Trinajstić information content (AvgIpc) is 2.70. The van der Waals surface area contributed by atoms with Crippen LogP contribution in [0, 0.1) is 0 Å². The van der Waals surface area contributed by atoms with Gasteiger partial charge in [-0.05, 0) is 12.1 Å². The number of nitrogens with zero attached hydrogens (tertiary/aromatic N) is 3. The number of aromatic nitrogens is 2. The normalized spacial score (nSPS) is 14.1. The number of hydrogen-bond donors (Lipinski definition) is 2. The lowest BCUT2D eigenvalue weighted by Gasteiger charge is -2.30. The Morgan fingerprint density at radius 2 is 2.04 bits per heavy atom. The Morgan fingerprint density at radius 3 is 2.77 bits per heavy atom. The average molecular weight is 357 g/mol. The van der Waals surface area contributed by atoms with Gasteiger partial charge in [-0.15, -0.1) is 0 Å². The van der Waals surface area contributed by atoms with E-state index in [9.17, 15) is 4.79 Å². The molecule has 0 radical (unpaired) electrons. The Hall–Kier alpha value is -2.71. The summed E-state index contributed by atoms with van der Waals surface area (Å²) >= 11 is 0. The minimum absolute atomic E-state index is 0.263. The molecule has 1 aromatic heterocycles. The molecule has 0 spiro atoms. The molecule has 138 valence electrons. The van der Waals surface area contributed by atoms with Crippen molar-refractivity contribution >= 4 is 23.1 Å². The summed E-state index contributed by atoms with van der Waals surface area (Å²) in [5.41, 5.74) is 2.00. The van der Waals surface area contributed by atoms with Crippen LogP contribution in [0.25, 0.3) is 0 Å². The maximum atomic E-state index is 12.5. The van der Waals surface area contributed by atoms with E-state index in [0.717, 1.165) is 24.5 Å². The molecule has 0 bridgehead atoms. The van der Waals surface area contributed by atoms with Gasteiger partial charge in [0.25, 0.3) is 5.91 Å². The van der Waals surface area contributed by atoms with Gasteiger partial charge < -0.3 is 25.0 Å². The molecular weight excluding hydrogens is 334 g/mol. The minimum atomic E-state index is -0.290. The highest BCUT2D eigenvalue weighted by Gasteiger charge is 2.17. The first kappa shape index (κ1) is 18.1. The van der Waals surface area contributed by atoms with Crippen molar-refractivity contribution in [2.24, 2.45) is 0 Å². The number of morpholine rings is 1. The third-order valence-corrected chi connectivity index (χ3v) is 4.00. The quantitative estimate of drug-likeness (QED) is 0.728. The minimum Gasteiger partial charge on any atom is -0.383 e. The van der Waals surface area contributed by atoms with E-state index in [1.807, 2.05) is 24.3 Å². The fourth-order valence-electron chi connectivity index (χ4n) is 2.66. The number of hydrogen-bond acceptors (Lipinski definition) is 7. The summed E-state index contributed by atoms with van der Waals surface area (Å²) in [5.74, 6) is 0.314. The van der Waals surface area contributed by atoms with Crippen molar-refractivity contribution < 1.29 is 14.3 Å². The monoisotopic (exact) mass is 357 g/mol. The van der Waals surface area contributed by atoms with Crippen LogP contribution in [0.15, 0.2) is 36.7 Å². The molecule has 1 aliphatic heterocycles. The van der Waals surface area contributed by atoms with Gasteiger partial charge in [-0.3, -0.25) is 4.79 Å². The van der Waals surface area contributed by atoms with E-state index in [2.05, 4.69) is 25.5 Å². The van der Waals surface area contributed by atoms with E-state index >= 15 is 0 Å². The molecule has 2 heterocycles. The maximum absolute atomic E-state index is 12.5. The predicted molar refractivity (Wildman–Crippen MR) is 99.8 cm³/mol. The molecule has 0 aliphatic carbocycles. The van der Waals surface area contributed by atoms with Crippen LogP contribution < -0.4 is 15.5 Å². The van der Waals surface area contributed by atoms with Crippen molar-refractivity contribution in [3.05, 3.63) is 42.4 Å². The molecule has 8 nitrogen and oxygen atoms in total. The van der Waals surface area contributed by atoms with Crippen molar-refractivity contribution in [1.82, 2.24) is 9.97 Å². The zero-order valence-electron chi connectivity index (χ0n) is 14.8. The van der Waals surface area contributed by atoms with E-state index in [1.165, 1.54) is 6.20 Å². The van der Waals surface area contributed by atoms with Crippen LogP contribution in [0.2, 0.25) is 0 Å². The van der Waals surface area contributed by atoms with Crippen LogP contribution in [0.1, 0.15) is 10.5 Å². The van der Waals surface area contributed by atoms with Gasteiger partial charge in [0.2, 0.25) is 0 Å². The lowest BCUT2D eigenvalue weighted by atomic mass is 10.2. The van der Waals surface area contributed by atoms with Crippen LogP contribution >= 0.6 is 0 Å². The highest BCUT2D eigenvalue weighted by Crippen LogP contribution is 2.26. The summed E-state index contributed by atoms with van der Waals surface area (Å²) in [6.07, 6.45) is 3.00. The molecule has 8 heteroatoms. The molecule has 1 amide bonds. The van der Waals surface area contributed by atoms with Crippen molar-refractivity contribution in [3.8, 4) is 0 Å². The lowest BCUT2D eigenvalue weighted by Crippen LogP contribution is -2.36. The van der Waals surface area contributed by atoms with Gasteiger partial charge in [0.1, 0.15) is 11.5 Å². The van der Waals surface area contributed by atoms with Crippen molar-refractivity contribution in [2.75, 3.05) is 62.1 Å². The molecule has 1 aromatic carbocycles. The first-order valence-corrected chi connectivity index (χ1v) is 8.56. The van der Waals surface area contributed by atoms with E-state index in [0.29, 0.717) is 32.2 Å². The van der Waals surface area contributed by atoms with Gasteiger partial charge in [0, 0.05) is 26.7 Å². The smallest absolute Gasteiger partial charge is 0.275 e. The number of para-hydroxylation sites is 2. The van der Waals surface area contributed by atoms with Crippen LogP contribution in [0.3, 0.4) is 0 Å². The van der Waals surface area contributed by atoms with Gasteiger partial charge in [-0.25, -0.2) is 9.97 Å². The van der Waals surface area contributed by atoms with Gasteiger partial charge in [-0.2, -0.15) is 0 Å². The number of carbonyl (C=O) groups excluding carboxylic acids is 1. The SMILES string of the molecule is COCCNc1cnc(C(=O)Nc2ccccc2N2CCOCC2)cn1. The Kier molecular flexibility index (Phi) is 6.34. The summed E-state index contributed by atoms with van der Waals surface area (Å²) in [4.78, 5) is 23.1. The fraction of sp³-hybridized carbons (Fsp3) is 0.389. The molecule has 1 aliphatic rings. The summed E-state index contributed by atoms with van der Waals surface area (Å²) < 4.78 is 10.4. The van der Waals surface area contributed by atoms with Crippen molar-refractivity contribution in [3.63, 3.8) is 0 Å². The second-order valence-electron chi connectivity index (χ2n) is 5.78. The molecule has 0 saturated carbocycles. The number of amides is 1. The van der Waals surface area contributed by atoms with E-state index < -0.39 is 0 Å². The summed E-state index contributed by atoms with van der Waals surface area (Å²) in [6, 6.07) is 7.74. The summed E-state index contributed by atoms with van der Waals surface area (Å²) in [7, 11) is 1.63. The second kappa shape index (κ2) is 9.12. The number of nitrogens with one attached hydrogen (secondary N) is 2. The lowest BCUT2D eigenvalue weighted by molar-refractivity contribution is 0.102. The standard InChI is InChI=1S/C18H23N5O3/c1-25-9-6-19-17-13-20-15(12-21-17)18(24)22-14-4-2-3-5-16(14)23-7-10-26-11-8-23/h2-5,12-13H,6-11H2,1H3,(H,19,21)(H,22,24). The van der Waals surface area contributed by atoms with E-state index in [4.69, 9.17) is 9.47 Å². The molecule has 2 N–H and O–H groups in total. The van der Waals surface area contributed by atoms with Gasteiger partial charge in [-0.1, -0.05) is 12.1 Å². The first-order valence-electron chi connectivity index (χ1n) is 8.56. The zero-order valence-corrected chi connectivity index (χ0v) is 14.8. The summed E-state index contributed by atoms with van der Waals surface area (Å²) in [5, 5.41) is 6.00. The van der Waals surface area contributed by atoms with E-state index in [-0.39, 0.29) is 11.6 Å². The molecule has 1 fully saturated rings. The summed E-state index contributed by atoms with van der Waals surface area (Å²) in [6.45, 7) is 4.17. The van der Waals surface area contributed by atoms with Crippen LogP contribution in [-0.4, -0.2) is 62.4 Å². The highest BCUT2D eigenvalue weighted by atomic mass is 16.5. The molecule has 26 heavy (non-hydrogen) atoms. The van der Waals surface area contributed by atoms with Crippen molar-refractivity contribution in [1.29, 1.82) is 0 Å². The Bertz CT molecular complexity index is 717. The van der Waals surface area contributed by atoms with Crippen LogP contribution in [0.4, 0.5) is 17.2 Å². The van der Waals surface area contributed by atoms with Gasteiger partial charge in [0.05, 0.1) is 43.6 Å². The van der Waals surface area contributed by atoms with Gasteiger partial charge >= 0.3 is 0 Å². The van der Waals surface area contributed by atoms with E-state index in [1.54, 1.807) is 13.3 Å². The topological polar surface area (TPSA) is 88.6 Å². The Balaban J connectivity index is 1.66.